The monoisotopic (exact) mass is 314 g/mol. The van der Waals surface area contributed by atoms with E-state index in [2.05, 4.69) is 18.8 Å². The lowest BCUT2D eigenvalue weighted by Crippen LogP contribution is -2.30. The first-order chi connectivity index (χ1) is 10.4. The van der Waals surface area contributed by atoms with E-state index in [1.54, 1.807) is 12.4 Å². The molecule has 2 heterocycles. The van der Waals surface area contributed by atoms with Gasteiger partial charge in [-0.15, -0.1) is 0 Å². The summed E-state index contributed by atoms with van der Waals surface area (Å²) in [6.45, 7) is 6.01. The molecule has 0 atom stereocenters. The topological polar surface area (TPSA) is 33.2 Å². The molecule has 3 rings (SSSR count). The fourth-order valence-electron chi connectivity index (χ4n) is 2.83. The van der Waals surface area contributed by atoms with Crippen LogP contribution < -0.4 is 0 Å². The Morgan fingerprint density at radius 1 is 1.18 bits per heavy atom. The average molecular weight is 315 g/mol. The number of amides is 1. The quantitative estimate of drug-likeness (QED) is 0.829. The van der Waals surface area contributed by atoms with Gasteiger partial charge >= 0.3 is 0 Å². The highest BCUT2D eigenvalue weighted by Crippen LogP contribution is 2.30. The van der Waals surface area contributed by atoms with Crippen molar-refractivity contribution in [2.75, 3.05) is 13.1 Å². The Kier molecular flexibility index (Phi) is 3.92. The fourth-order valence-corrected chi connectivity index (χ4v) is 2.95. The van der Waals surface area contributed by atoms with E-state index in [1.807, 2.05) is 35.2 Å². The molecular weight excluding hydrogens is 296 g/mol. The molecule has 1 amide bonds. The first-order valence-electron chi connectivity index (χ1n) is 7.45. The average Bonchev–Trinajstić information content (AvgIpc) is 2.87. The van der Waals surface area contributed by atoms with Gasteiger partial charge in [0.05, 0.1) is 5.56 Å². The van der Waals surface area contributed by atoms with Crippen molar-refractivity contribution in [1.82, 2.24) is 9.88 Å². The number of pyridine rings is 1. The van der Waals surface area contributed by atoms with Gasteiger partial charge in [-0.05, 0) is 35.6 Å². The number of carbonyl (C=O) groups excluding carboxylic acids is 1. The van der Waals surface area contributed by atoms with E-state index < -0.39 is 0 Å². The summed E-state index contributed by atoms with van der Waals surface area (Å²) >= 11 is 5.92. The van der Waals surface area contributed by atoms with Crippen molar-refractivity contribution in [2.45, 2.75) is 20.3 Å². The molecule has 1 aromatic heterocycles. The highest BCUT2D eigenvalue weighted by atomic mass is 35.5. The number of halogens is 1. The van der Waals surface area contributed by atoms with E-state index in [0.29, 0.717) is 10.6 Å². The van der Waals surface area contributed by atoms with Crippen LogP contribution in [0.2, 0.25) is 5.02 Å². The van der Waals surface area contributed by atoms with Crippen LogP contribution in [-0.4, -0.2) is 28.9 Å². The molecule has 22 heavy (non-hydrogen) atoms. The normalized spacial score (nSPS) is 16.8. The maximum absolute atomic E-state index is 12.6. The molecule has 1 aromatic carbocycles. The SMILES string of the molecule is CC1(C)CCN(C(=O)c2cncc(-c3ccc(Cl)cc3)c2)C1. The number of hydrogen-bond acceptors (Lipinski definition) is 2. The molecule has 4 heteroatoms. The molecule has 1 aliphatic heterocycles. The van der Waals surface area contributed by atoms with Gasteiger partial charge in [0.2, 0.25) is 0 Å². The van der Waals surface area contributed by atoms with E-state index >= 15 is 0 Å². The minimum Gasteiger partial charge on any atom is -0.338 e. The van der Waals surface area contributed by atoms with E-state index in [0.717, 1.165) is 30.6 Å². The molecule has 1 aliphatic rings. The van der Waals surface area contributed by atoms with Crippen LogP contribution in [-0.2, 0) is 0 Å². The molecule has 0 aliphatic carbocycles. The van der Waals surface area contributed by atoms with E-state index in [9.17, 15) is 4.79 Å². The third kappa shape index (κ3) is 3.14. The zero-order valence-corrected chi connectivity index (χ0v) is 13.6. The van der Waals surface area contributed by atoms with Gasteiger partial charge in [0.25, 0.3) is 5.91 Å². The number of aromatic nitrogens is 1. The maximum Gasteiger partial charge on any atom is 0.255 e. The maximum atomic E-state index is 12.6. The number of rotatable bonds is 2. The van der Waals surface area contributed by atoms with E-state index in [1.165, 1.54) is 0 Å². The smallest absolute Gasteiger partial charge is 0.255 e. The second kappa shape index (κ2) is 5.73. The predicted molar refractivity (Wildman–Crippen MR) is 89.0 cm³/mol. The van der Waals surface area contributed by atoms with Crippen molar-refractivity contribution in [3.8, 4) is 11.1 Å². The van der Waals surface area contributed by atoms with Gasteiger partial charge in [0.15, 0.2) is 0 Å². The van der Waals surface area contributed by atoms with Gasteiger partial charge < -0.3 is 4.90 Å². The lowest BCUT2D eigenvalue weighted by molar-refractivity contribution is 0.0778. The summed E-state index contributed by atoms with van der Waals surface area (Å²) in [5.41, 5.74) is 2.79. The van der Waals surface area contributed by atoms with Crippen LogP contribution >= 0.6 is 11.6 Å². The van der Waals surface area contributed by atoms with Crippen LogP contribution in [0.3, 0.4) is 0 Å². The second-order valence-corrected chi connectivity index (χ2v) is 7.05. The summed E-state index contributed by atoms with van der Waals surface area (Å²) in [4.78, 5) is 18.8. The van der Waals surface area contributed by atoms with E-state index in [4.69, 9.17) is 11.6 Å². The lowest BCUT2D eigenvalue weighted by Gasteiger charge is -2.20. The van der Waals surface area contributed by atoms with Crippen LogP contribution in [0.4, 0.5) is 0 Å². The zero-order valence-electron chi connectivity index (χ0n) is 12.8. The second-order valence-electron chi connectivity index (χ2n) is 6.61. The number of hydrogen-bond donors (Lipinski definition) is 0. The molecule has 0 spiro atoms. The van der Waals surface area contributed by atoms with Crippen molar-refractivity contribution in [3.05, 3.63) is 53.3 Å². The minimum atomic E-state index is 0.0638. The first-order valence-corrected chi connectivity index (χ1v) is 7.83. The van der Waals surface area contributed by atoms with Gasteiger partial charge in [-0.2, -0.15) is 0 Å². The summed E-state index contributed by atoms with van der Waals surface area (Å²) in [7, 11) is 0. The molecule has 1 fully saturated rings. The third-order valence-corrected chi connectivity index (χ3v) is 4.38. The summed E-state index contributed by atoms with van der Waals surface area (Å²) in [6, 6.07) is 9.46. The number of nitrogens with zero attached hydrogens (tertiary/aromatic N) is 2. The summed E-state index contributed by atoms with van der Waals surface area (Å²) in [6.07, 6.45) is 4.46. The predicted octanol–water partition coefficient (Wildman–Crippen LogP) is 4.27. The Balaban J connectivity index is 1.85. The first kappa shape index (κ1) is 15.0. The van der Waals surface area contributed by atoms with Crippen molar-refractivity contribution in [1.29, 1.82) is 0 Å². The summed E-state index contributed by atoms with van der Waals surface area (Å²) < 4.78 is 0. The van der Waals surface area contributed by atoms with Crippen molar-refractivity contribution in [2.24, 2.45) is 5.41 Å². The van der Waals surface area contributed by atoms with Gasteiger partial charge in [0, 0.05) is 36.1 Å². The van der Waals surface area contributed by atoms with Gasteiger partial charge in [-0.1, -0.05) is 37.6 Å². The molecule has 0 saturated carbocycles. The third-order valence-electron chi connectivity index (χ3n) is 4.13. The summed E-state index contributed by atoms with van der Waals surface area (Å²) in [5, 5.41) is 0.697. The van der Waals surface area contributed by atoms with Crippen LogP contribution in [0.1, 0.15) is 30.6 Å². The van der Waals surface area contributed by atoms with Gasteiger partial charge in [-0.25, -0.2) is 0 Å². The van der Waals surface area contributed by atoms with Crippen LogP contribution in [0.15, 0.2) is 42.7 Å². The molecule has 2 aromatic rings. The van der Waals surface area contributed by atoms with Gasteiger partial charge in [-0.3, -0.25) is 9.78 Å². The molecule has 3 nitrogen and oxygen atoms in total. The van der Waals surface area contributed by atoms with Crippen molar-refractivity contribution in [3.63, 3.8) is 0 Å². The fraction of sp³-hybridized carbons (Fsp3) is 0.333. The summed E-state index contributed by atoms with van der Waals surface area (Å²) in [5.74, 6) is 0.0638. The molecular formula is C18H19ClN2O. The Morgan fingerprint density at radius 2 is 1.91 bits per heavy atom. The standard InChI is InChI=1S/C18H19ClN2O/c1-18(2)7-8-21(12-18)17(22)15-9-14(10-20-11-15)13-3-5-16(19)6-4-13/h3-6,9-11H,7-8,12H2,1-2H3. The number of carbonyl (C=O) groups is 1. The van der Waals surface area contributed by atoms with Crippen LogP contribution in [0, 0.1) is 5.41 Å². The van der Waals surface area contributed by atoms with Gasteiger partial charge in [0.1, 0.15) is 0 Å². The molecule has 1 saturated heterocycles. The number of likely N-dealkylation sites (tertiary alicyclic amines) is 1. The molecule has 114 valence electrons. The van der Waals surface area contributed by atoms with Crippen molar-refractivity contribution < 1.29 is 4.79 Å². The Hall–Kier alpha value is -1.87. The Morgan fingerprint density at radius 3 is 2.55 bits per heavy atom. The number of benzene rings is 1. The largest absolute Gasteiger partial charge is 0.338 e. The lowest BCUT2D eigenvalue weighted by atomic mass is 9.93. The zero-order chi connectivity index (χ0) is 15.7. The van der Waals surface area contributed by atoms with Crippen molar-refractivity contribution >= 4 is 17.5 Å². The minimum absolute atomic E-state index is 0.0638. The van der Waals surface area contributed by atoms with Crippen LogP contribution in [0.5, 0.6) is 0 Å². The Labute approximate surface area is 135 Å². The van der Waals surface area contributed by atoms with E-state index in [-0.39, 0.29) is 11.3 Å². The Bertz CT molecular complexity index is 694. The molecule has 0 radical (unpaired) electrons. The molecule has 0 unspecified atom stereocenters. The van der Waals surface area contributed by atoms with Crippen LogP contribution in [0.25, 0.3) is 11.1 Å². The highest BCUT2D eigenvalue weighted by Gasteiger charge is 2.32. The molecule has 0 bridgehead atoms. The highest BCUT2D eigenvalue weighted by molar-refractivity contribution is 6.30. The molecule has 0 N–H and O–H groups in total.